The number of piperazine rings is 1. The Labute approximate surface area is 148 Å². The number of anilines is 1. The monoisotopic (exact) mass is 346 g/mol. The van der Waals surface area contributed by atoms with E-state index in [-0.39, 0.29) is 11.6 Å². The van der Waals surface area contributed by atoms with Crippen LogP contribution in [-0.2, 0) is 0 Å². The van der Waals surface area contributed by atoms with Crippen LogP contribution in [0.15, 0.2) is 18.2 Å². The van der Waals surface area contributed by atoms with E-state index in [1.807, 2.05) is 23.9 Å². The van der Waals surface area contributed by atoms with Gasteiger partial charge in [0, 0.05) is 64.1 Å². The molecule has 0 spiro atoms. The van der Waals surface area contributed by atoms with Crippen LogP contribution in [0.25, 0.3) is 0 Å². The highest BCUT2D eigenvalue weighted by atomic mass is 16.6. The second-order valence-corrected chi connectivity index (χ2v) is 7.12. The second-order valence-electron chi connectivity index (χ2n) is 7.12. The average molecular weight is 346 g/mol. The zero-order chi connectivity index (χ0) is 18.0. The van der Waals surface area contributed by atoms with Crippen molar-refractivity contribution < 1.29 is 9.72 Å². The maximum atomic E-state index is 13.0. The van der Waals surface area contributed by atoms with E-state index in [2.05, 4.69) is 4.90 Å². The Morgan fingerprint density at radius 1 is 1.16 bits per heavy atom. The fraction of sp³-hybridized carbons (Fsp3) is 0.611. The van der Waals surface area contributed by atoms with E-state index in [0.29, 0.717) is 30.4 Å². The zero-order valence-corrected chi connectivity index (χ0v) is 15.0. The number of carbonyl (C=O) groups is 1. The molecule has 7 heteroatoms. The van der Waals surface area contributed by atoms with E-state index in [0.717, 1.165) is 13.1 Å². The van der Waals surface area contributed by atoms with E-state index in [9.17, 15) is 14.9 Å². The summed E-state index contributed by atoms with van der Waals surface area (Å²) in [5.41, 5.74) is 1.08. The highest BCUT2D eigenvalue weighted by Gasteiger charge is 2.29. The minimum atomic E-state index is -0.450. The first-order chi connectivity index (χ1) is 12.0. The summed E-state index contributed by atoms with van der Waals surface area (Å²) in [7, 11) is 3.69. The van der Waals surface area contributed by atoms with Gasteiger partial charge in [-0.3, -0.25) is 19.8 Å². The van der Waals surface area contributed by atoms with Crippen LogP contribution < -0.4 is 4.90 Å². The molecule has 1 saturated carbocycles. The summed E-state index contributed by atoms with van der Waals surface area (Å²) in [6.45, 7) is 3.15. The van der Waals surface area contributed by atoms with E-state index in [4.69, 9.17) is 0 Å². The molecule has 1 aromatic rings. The first-order valence-electron chi connectivity index (χ1n) is 8.96. The van der Waals surface area contributed by atoms with Crippen molar-refractivity contribution in [3.63, 3.8) is 0 Å². The number of nitro benzene ring substituents is 1. The van der Waals surface area contributed by atoms with Crippen LogP contribution in [0.4, 0.5) is 11.4 Å². The largest absolute Gasteiger partial charge is 0.377 e. The molecule has 2 fully saturated rings. The van der Waals surface area contributed by atoms with E-state index < -0.39 is 4.92 Å². The molecule has 0 atom stereocenters. The van der Waals surface area contributed by atoms with Crippen LogP contribution in [0.3, 0.4) is 0 Å². The van der Waals surface area contributed by atoms with Crippen molar-refractivity contribution in [2.75, 3.05) is 45.2 Å². The van der Waals surface area contributed by atoms with Gasteiger partial charge in [-0.1, -0.05) is 12.8 Å². The molecule has 0 radical (unpaired) electrons. The van der Waals surface area contributed by atoms with Crippen molar-refractivity contribution in [1.29, 1.82) is 0 Å². The third-order valence-electron chi connectivity index (χ3n) is 5.35. The molecule has 0 bridgehead atoms. The van der Waals surface area contributed by atoms with Gasteiger partial charge in [0.1, 0.15) is 0 Å². The molecule has 7 nitrogen and oxygen atoms in total. The number of nitro groups is 1. The summed E-state index contributed by atoms with van der Waals surface area (Å²) in [5, 5.41) is 11.1. The normalized spacial score (nSPS) is 19.2. The van der Waals surface area contributed by atoms with Gasteiger partial charge in [0.25, 0.3) is 11.6 Å². The standard InChI is InChI=1S/C18H26N4O3/c1-19(2)17-8-7-15(22(24)25)13-16(17)18(23)21-11-9-20(10-12-21)14-5-3-4-6-14/h7-8,13-14H,3-6,9-12H2,1-2H3. The number of amides is 1. The van der Waals surface area contributed by atoms with Gasteiger partial charge in [-0.15, -0.1) is 0 Å². The van der Waals surface area contributed by atoms with E-state index in [1.165, 1.54) is 37.8 Å². The zero-order valence-electron chi connectivity index (χ0n) is 15.0. The van der Waals surface area contributed by atoms with Crippen molar-refractivity contribution in [1.82, 2.24) is 9.80 Å². The summed E-state index contributed by atoms with van der Waals surface area (Å²) >= 11 is 0. The van der Waals surface area contributed by atoms with Gasteiger partial charge in [-0.05, 0) is 18.9 Å². The lowest BCUT2D eigenvalue weighted by Gasteiger charge is -2.38. The van der Waals surface area contributed by atoms with Crippen LogP contribution in [0, 0.1) is 10.1 Å². The lowest BCUT2D eigenvalue weighted by molar-refractivity contribution is -0.384. The van der Waals surface area contributed by atoms with Crippen molar-refractivity contribution >= 4 is 17.3 Å². The molecule has 2 aliphatic rings. The summed E-state index contributed by atoms with van der Waals surface area (Å²) in [5.74, 6) is -0.113. The summed E-state index contributed by atoms with van der Waals surface area (Å²) in [6, 6.07) is 5.18. The van der Waals surface area contributed by atoms with Gasteiger partial charge in [0.2, 0.25) is 0 Å². The Balaban J connectivity index is 1.74. The predicted octanol–water partition coefficient (Wildman–Crippen LogP) is 2.36. The molecule has 136 valence electrons. The molecule has 1 saturated heterocycles. The van der Waals surface area contributed by atoms with Crippen molar-refractivity contribution in [3.8, 4) is 0 Å². The molecule has 1 amide bonds. The number of hydrogen-bond acceptors (Lipinski definition) is 5. The molecule has 1 aliphatic carbocycles. The highest BCUT2D eigenvalue weighted by molar-refractivity contribution is 6.00. The van der Waals surface area contributed by atoms with Crippen molar-refractivity contribution in [2.24, 2.45) is 0 Å². The SMILES string of the molecule is CN(C)c1ccc([N+](=O)[O-])cc1C(=O)N1CCN(C2CCCC2)CC1. The molecule has 0 N–H and O–H groups in total. The third-order valence-corrected chi connectivity index (χ3v) is 5.35. The number of benzene rings is 1. The smallest absolute Gasteiger partial charge is 0.270 e. The summed E-state index contributed by atoms with van der Waals surface area (Å²) in [4.78, 5) is 29.8. The number of non-ortho nitro benzene ring substituents is 1. The van der Waals surface area contributed by atoms with E-state index >= 15 is 0 Å². The van der Waals surface area contributed by atoms with Gasteiger partial charge >= 0.3 is 0 Å². The molecule has 1 aliphatic heterocycles. The quantitative estimate of drug-likeness (QED) is 0.618. The van der Waals surface area contributed by atoms with Crippen LogP contribution in [0.2, 0.25) is 0 Å². The minimum absolute atomic E-state index is 0.0430. The molecule has 0 unspecified atom stereocenters. The van der Waals surface area contributed by atoms with Crippen LogP contribution in [0.5, 0.6) is 0 Å². The first-order valence-corrected chi connectivity index (χ1v) is 8.96. The Morgan fingerprint density at radius 2 is 1.80 bits per heavy atom. The van der Waals surface area contributed by atoms with Gasteiger partial charge in [0.15, 0.2) is 0 Å². The highest BCUT2D eigenvalue weighted by Crippen LogP contribution is 2.27. The van der Waals surface area contributed by atoms with Crippen LogP contribution >= 0.6 is 0 Å². The first kappa shape index (κ1) is 17.7. The Hall–Kier alpha value is -2.15. The Bertz CT molecular complexity index is 648. The van der Waals surface area contributed by atoms with Gasteiger partial charge in [0.05, 0.1) is 10.5 Å². The fourth-order valence-electron chi connectivity index (χ4n) is 3.93. The number of hydrogen-bond donors (Lipinski definition) is 0. The lowest BCUT2D eigenvalue weighted by Crippen LogP contribution is -2.51. The summed E-state index contributed by atoms with van der Waals surface area (Å²) < 4.78 is 0. The number of carbonyl (C=O) groups excluding carboxylic acids is 1. The molecular weight excluding hydrogens is 320 g/mol. The van der Waals surface area contributed by atoms with Crippen LogP contribution in [-0.4, -0.2) is 66.9 Å². The third kappa shape index (κ3) is 3.76. The molecule has 25 heavy (non-hydrogen) atoms. The van der Waals surface area contributed by atoms with Gasteiger partial charge in [-0.2, -0.15) is 0 Å². The Morgan fingerprint density at radius 3 is 2.36 bits per heavy atom. The summed E-state index contributed by atoms with van der Waals surface area (Å²) in [6.07, 6.45) is 5.15. The molecule has 1 heterocycles. The maximum Gasteiger partial charge on any atom is 0.270 e. The number of nitrogens with zero attached hydrogens (tertiary/aromatic N) is 4. The molecule has 3 rings (SSSR count). The maximum absolute atomic E-state index is 13.0. The lowest BCUT2D eigenvalue weighted by atomic mass is 10.1. The van der Waals surface area contributed by atoms with Gasteiger partial charge in [-0.25, -0.2) is 0 Å². The molecular formula is C18H26N4O3. The van der Waals surface area contributed by atoms with Crippen LogP contribution in [0.1, 0.15) is 36.0 Å². The Kier molecular flexibility index (Phi) is 5.22. The average Bonchev–Trinajstić information content (AvgIpc) is 3.15. The minimum Gasteiger partial charge on any atom is -0.377 e. The predicted molar refractivity (Wildman–Crippen MR) is 97.2 cm³/mol. The molecule has 0 aromatic heterocycles. The topological polar surface area (TPSA) is 69.9 Å². The molecule has 1 aromatic carbocycles. The number of rotatable bonds is 4. The van der Waals surface area contributed by atoms with Gasteiger partial charge < -0.3 is 9.80 Å². The van der Waals surface area contributed by atoms with Crippen molar-refractivity contribution in [3.05, 3.63) is 33.9 Å². The van der Waals surface area contributed by atoms with E-state index in [1.54, 1.807) is 6.07 Å². The van der Waals surface area contributed by atoms with Crippen molar-refractivity contribution in [2.45, 2.75) is 31.7 Å². The fourth-order valence-corrected chi connectivity index (χ4v) is 3.93. The second kappa shape index (κ2) is 7.39.